The van der Waals surface area contributed by atoms with E-state index >= 15 is 0 Å². The van der Waals surface area contributed by atoms with E-state index in [2.05, 4.69) is 69.2 Å². The first-order chi connectivity index (χ1) is 12.2. The minimum Gasteiger partial charge on any atom is -0.0651 e. The lowest BCUT2D eigenvalue weighted by Gasteiger charge is -2.26. The maximum atomic E-state index is 2.33. The smallest absolute Gasteiger partial charge is 0.0114 e. The number of rotatable bonds is 5. The summed E-state index contributed by atoms with van der Waals surface area (Å²) in [7, 11) is 0. The zero-order valence-electron chi connectivity index (χ0n) is 18.8. The molecule has 0 aliphatic heterocycles. The Balaban J connectivity index is 2.90. The molecule has 0 heteroatoms. The predicted molar refractivity (Wildman–Crippen MR) is 118 cm³/mol. The molecule has 0 aliphatic carbocycles. The van der Waals surface area contributed by atoms with E-state index in [1.165, 1.54) is 81.3 Å². The number of hydrogen-bond donors (Lipinski definition) is 0. The summed E-state index contributed by atoms with van der Waals surface area (Å²) in [5.74, 6) is 0. The van der Waals surface area contributed by atoms with Crippen LogP contribution in [0.1, 0.15) is 82.3 Å². The first-order valence-electron chi connectivity index (χ1n) is 10.4. The van der Waals surface area contributed by atoms with Crippen LogP contribution in [0.3, 0.4) is 0 Å². The zero-order valence-corrected chi connectivity index (χ0v) is 18.8. The van der Waals surface area contributed by atoms with Crippen molar-refractivity contribution in [3.8, 4) is 11.1 Å². The summed E-state index contributed by atoms with van der Waals surface area (Å²) in [6.45, 7) is 23.2. The second kappa shape index (κ2) is 7.99. The molecule has 2 aromatic rings. The van der Waals surface area contributed by atoms with Crippen molar-refractivity contribution in [1.29, 1.82) is 0 Å². The van der Waals surface area contributed by atoms with Gasteiger partial charge in [0.05, 0.1) is 0 Å². The van der Waals surface area contributed by atoms with Crippen molar-refractivity contribution in [2.24, 2.45) is 0 Å². The van der Waals surface area contributed by atoms with Crippen LogP contribution in [0.4, 0.5) is 0 Å². The molecule has 0 bridgehead atoms. The zero-order chi connectivity index (χ0) is 19.8. The van der Waals surface area contributed by atoms with Gasteiger partial charge in [-0.3, -0.25) is 0 Å². The summed E-state index contributed by atoms with van der Waals surface area (Å²) in [5, 5.41) is 0. The van der Waals surface area contributed by atoms with Crippen LogP contribution in [-0.2, 0) is 12.8 Å². The topological polar surface area (TPSA) is 0 Å². The van der Waals surface area contributed by atoms with Crippen molar-refractivity contribution >= 4 is 0 Å². The molecule has 0 nitrogen and oxygen atoms in total. The van der Waals surface area contributed by atoms with Gasteiger partial charge in [0.2, 0.25) is 0 Å². The van der Waals surface area contributed by atoms with Gasteiger partial charge < -0.3 is 0 Å². The quantitative estimate of drug-likeness (QED) is 0.517. The molecule has 0 heterocycles. The minimum absolute atomic E-state index is 1.19. The predicted octanol–water partition coefficient (Wildman–Crippen LogP) is 7.73. The van der Waals surface area contributed by atoms with Gasteiger partial charge in [-0.2, -0.15) is 0 Å². The Morgan fingerprint density at radius 3 is 0.808 bits per heavy atom. The molecule has 0 amide bonds. The molecular weight excluding hydrogens is 312 g/mol. The van der Waals surface area contributed by atoms with Gasteiger partial charge >= 0.3 is 0 Å². The lowest BCUT2D eigenvalue weighted by molar-refractivity contribution is 0.894. The fraction of sp³-hybridized carbons (Fsp3) is 0.538. The normalized spacial score (nSPS) is 11.3. The van der Waals surface area contributed by atoms with Crippen molar-refractivity contribution in [3.05, 3.63) is 55.6 Å². The van der Waals surface area contributed by atoms with E-state index in [1.807, 2.05) is 0 Å². The average molecular weight is 351 g/mol. The lowest BCUT2D eigenvalue weighted by atomic mass is 9.78. The molecular formula is C26H38. The van der Waals surface area contributed by atoms with E-state index in [4.69, 9.17) is 0 Å². The molecule has 0 radical (unpaired) electrons. The molecule has 0 fully saturated rings. The van der Waals surface area contributed by atoms with Gasteiger partial charge in [0.15, 0.2) is 0 Å². The summed E-state index contributed by atoms with van der Waals surface area (Å²) < 4.78 is 0. The third-order valence-corrected chi connectivity index (χ3v) is 6.81. The van der Waals surface area contributed by atoms with Crippen LogP contribution in [0.5, 0.6) is 0 Å². The van der Waals surface area contributed by atoms with Crippen LogP contribution in [0, 0.1) is 55.4 Å². The van der Waals surface area contributed by atoms with Gasteiger partial charge in [0.25, 0.3) is 0 Å². The largest absolute Gasteiger partial charge is 0.0651 e. The highest BCUT2D eigenvalue weighted by molar-refractivity contribution is 5.81. The molecule has 0 unspecified atom stereocenters. The standard InChI is InChI=1S/C26H38/c1-11-13-23-15(3)19(7)25(20(8)16(23)4)26-21(9)17(5)24(14-12-2)18(6)22(26)10/h11-14H2,1-10H3. The van der Waals surface area contributed by atoms with Crippen molar-refractivity contribution in [2.75, 3.05) is 0 Å². The highest BCUT2D eigenvalue weighted by atomic mass is 14.3. The first kappa shape index (κ1) is 20.7. The van der Waals surface area contributed by atoms with Crippen molar-refractivity contribution in [3.63, 3.8) is 0 Å². The number of benzene rings is 2. The SMILES string of the molecule is CCCc1c(C)c(C)c(-c2c(C)c(C)c(CCC)c(C)c2C)c(C)c1C. The Kier molecular flexibility index (Phi) is 6.37. The first-order valence-corrected chi connectivity index (χ1v) is 10.4. The third kappa shape index (κ3) is 3.24. The molecule has 2 aromatic carbocycles. The highest BCUT2D eigenvalue weighted by Crippen LogP contribution is 2.41. The molecule has 0 atom stereocenters. The maximum absolute atomic E-state index is 2.33. The van der Waals surface area contributed by atoms with Gasteiger partial charge in [-0.25, -0.2) is 0 Å². The van der Waals surface area contributed by atoms with Crippen LogP contribution in [0.15, 0.2) is 0 Å². The second-order valence-corrected chi connectivity index (χ2v) is 8.21. The van der Waals surface area contributed by atoms with Crippen LogP contribution in [-0.4, -0.2) is 0 Å². The van der Waals surface area contributed by atoms with Crippen molar-refractivity contribution in [2.45, 2.75) is 94.9 Å². The highest BCUT2D eigenvalue weighted by Gasteiger charge is 2.21. The monoisotopic (exact) mass is 350 g/mol. The lowest BCUT2D eigenvalue weighted by Crippen LogP contribution is -2.07. The fourth-order valence-electron chi connectivity index (χ4n) is 4.78. The van der Waals surface area contributed by atoms with E-state index in [0.29, 0.717) is 0 Å². The average Bonchev–Trinajstić information content (AvgIpc) is 2.62. The molecule has 0 saturated carbocycles. The van der Waals surface area contributed by atoms with Crippen LogP contribution < -0.4 is 0 Å². The van der Waals surface area contributed by atoms with E-state index in [1.54, 1.807) is 11.1 Å². The Hall–Kier alpha value is -1.56. The van der Waals surface area contributed by atoms with E-state index in [0.717, 1.165) is 0 Å². The van der Waals surface area contributed by atoms with Crippen molar-refractivity contribution < 1.29 is 0 Å². The van der Waals surface area contributed by atoms with Gasteiger partial charge in [-0.05, 0) is 135 Å². The van der Waals surface area contributed by atoms with E-state index in [9.17, 15) is 0 Å². The molecule has 0 aromatic heterocycles. The van der Waals surface area contributed by atoms with Gasteiger partial charge in [-0.1, -0.05) is 26.7 Å². The fourth-order valence-corrected chi connectivity index (χ4v) is 4.78. The molecule has 0 aliphatic rings. The molecule has 2 rings (SSSR count). The van der Waals surface area contributed by atoms with E-state index in [-0.39, 0.29) is 0 Å². The Bertz CT molecular complexity index is 705. The molecule has 26 heavy (non-hydrogen) atoms. The molecule has 0 N–H and O–H groups in total. The summed E-state index contributed by atoms with van der Waals surface area (Å²) in [4.78, 5) is 0. The maximum Gasteiger partial charge on any atom is -0.0114 e. The summed E-state index contributed by atoms with van der Waals surface area (Å²) in [6, 6.07) is 0. The summed E-state index contributed by atoms with van der Waals surface area (Å²) in [5.41, 5.74) is 18.0. The second-order valence-electron chi connectivity index (χ2n) is 8.21. The molecule has 142 valence electrons. The van der Waals surface area contributed by atoms with E-state index < -0.39 is 0 Å². The van der Waals surface area contributed by atoms with Gasteiger partial charge in [0, 0.05) is 0 Å². The summed E-state index contributed by atoms with van der Waals surface area (Å²) >= 11 is 0. The van der Waals surface area contributed by atoms with Gasteiger partial charge in [0.1, 0.15) is 0 Å². The Morgan fingerprint density at radius 2 is 0.615 bits per heavy atom. The van der Waals surface area contributed by atoms with Crippen LogP contribution in [0.2, 0.25) is 0 Å². The molecule has 0 saturated heterocycles. The van der Waals surface area contributed by atoms with Gasteiger partial charge in [-0.15, -0.1) is 0 Å². The van der Waals surface area contributed by atoms with Crippen LogP contribution >= 0.6 is 0 Å². The Labute approximate surface area is 162 Å². The summed E-state index contributed by atoms with van der Waals surface area (Å²) in [6.07, 6.45) is 4.79. The third-order valence-electron chi connectivity index (χ3n) is 6.81. The Morgan fingerprint density at radius 1 is 0.385 bits per heavy atom. The van der Waals surface area contributed by atoms with Crippen molar-refractivity contribution in [1.82, 2.24) is 0 Å². The van der Waals surface area contributed by atoms with Crippen LogP contribution in [0.25, 0.3) is 11.1 Å². The molecule has 0 spiro atoms. The minimum atomic E-state index is 1.19. The number of hydrogen-bond acceptors (Lipinski definition) is 0.